The third-order valence-electron chi connectivity index (χ3n) is 3.72. The van der Waals surface area contributed by atoms with Crippen LogP contribution < -0.4 is 10.1 Å². The number of ether oxygens (including phenoxy) is 1. The van der Waals surface area contributed by atoms with E-state index in [0.717, 1.165) is 17.0 Å². The molecule has 3 rings (SSSR count). The van der Waals surface area contributed by atoms with Crippen LogP contribution in [0.5, 0.6) is 5.75 Å². The summed E-state index contributed by atoms with van der Waals surface area (Å²) in [5.41, 5.74) is 1.86. The number of carbonyl (C=O) groups excluding carboxylic acids is 1. The smallest absolute Gasteiger partial charge is 0.233 e. The predicted octanol–water partition coefficient (Wildman–Crippen LogP) is 2.47. The first-order valence-corrected chi connectivity index (χ1v) is 8.96. The number of benzene rings is 2. The molecule has 3 aromatic rings. The van der Waals surface area contributed by atoms with Crippen molar-refractivity contribution in [2.75, 3.05) is 7.11 Å². The minimum absolute atomic E-state index is 0.0755. The molecule has 0 unspecified atom stereocenters. The molecular formula is C18H19N5O2S. The summed E-state index contributed by atoms with van der Waals surface area (Å²) in [7, 11) is 1.62. The third-order valence-corrected chi connectivity index (χ3v) is 4.75. The number of carbonyl (C=O) groups is 1. The maximum atomic E-state index is 12.4. The van der Waals surface area contributed by atoms with Crippen LogP contribution in [0.1, 0.15) is 12.5 Å². The average Bonchev–Trinajstić information content (AvgIpc) is 3.15. The molecule has 134 valence electrons. The first-order valence-electron chi connectivity index (χ1n) is 8.08. The fourth-order valence-corrected chi connectivity index (χ4v) is 3.10. The summed E-state index contributed by atoms with van der Waals surface area (Å²) < 4.78 is 6.75. The SMILES string of the molecule is COc1ccc(CNC(=O)[C@@H](C)Sc2nnnn2-c2ccccc2)cc1. The standard InChI is InChI=1S/C18H19N5O2S/c1-13(17(24)19-12-14-8-10-16(25-2)11-9-14)26-18-20-21-22-23(18)15-6-4-3-5-7-15/h3-11,13H,12H2,1-2H3,(H,19,24)/t13-/m1/s1. The van der Waals surface area contributed by atoms with Gasteiger partial charge in [-0.1, -0.05) is 42.1 Å². The number of nitrogens with zero attached hydrogens (tertiary/aromatic N) is 4. The van der Waals surface area contributed by atoms with E-state index in [9.17, 15) is 4.79 Å². The van der Waals surface area contributed by atoms with Gasteiger partial charge in [-0.25, -0.2) is 0 Å². The molecule has 0 fully saturated rings. The number of rotatable bonds is 7. The van der Waals surface area contributed by atoms with Crippen molar-refractivity contribution in [2.24, 2.45) is 0 Å². The highest BCUT2D eigenvalue weighted by Gasteiger charge is 2.19. The number of para-hydroxylation sites is 1. The molecule has 0 radical (unpaired) electrons. The number of aromatic nitrogens is 4. The Morgan fingerprint density at radius 2 is 1.92 bits per heavy atom. The van der Waals surface area contributed by atoms with Crippen LogP contribution in [0.25, 0.3) is 5.69 Å². The third kappa shape index (κ3) is 4.40. The molecule has 8 heteroatoms. The van der Waals surface area contributed by atoms with Gasteiger partial charge >= 0.3 is 0 Å². The van der Waals surface area contributed by atoms with Gasteiger partial charge in [-0.3, -0.25) is 4.79 Å². The zero-order valence-corrected chi connectivity index (χ0v) is 15.3. The van der Waals surface area contributed by atoms with Gasteiger partial charge in [0.05, 0.1) is 18.0 Å². The van der Waals surface area contributed by atoms with Crippen LogP contribution in [0, 0.1) is 0 Å². The molecule has 1 amide bonds. The van der Waals surface area contributed by atoms with Crippen LogP contribution in [-0.4, -0.2) is 38.5 Å². The number of hydrogen-bond acceptors (Lipinski definition) is 6. The number of tetrazole rings is 1. The molecular weight excluding hydrogens is 350 g/mol. The second kappa shape index (κ2) is 8.48. The van der Waals surface area contributed by atoms with Crippen molar-refractivity contribution in [2.45, 2.75) is 23.9 Å². The zero-order chi connectivity index (χ0) is 18.4. The van der Waals surface area contributed by atoms with Crippen molar-refractivity contribution in [1.29, 1.82) is 0 Å². The Bertz CT molecular complexity index is 852. The highest BCUT2D eigenvalue weighted by atomic mass is 32.2. The molecule has 2 aromatic carbocycles. The fourth-order valence-electron chi connectivity index (χ4n) is 2.27. The number of nitrogens with one attached hydrogen (secondary N) is 1. The lowest BCUT2D eigenvalue weighted by Crippen LogP contribution is -2.30. The molecule has 1 N–H and O–H groups in total. The summed E-state index contributed by atoms with van der Waals surface area (Å²) in [6.07, 6.45) is 0. The van der Waals surface area contributed by atoms with Crippen LogP contribution in [0.3, 0.4) is 0 Å². The molecule has 26 heavy (non-hydrogen) atoms. The van der Waals surface area contributed by atoms with Gasteiger partial charge in [-0.2, -0.15) is 4.68 Å². The predicted molar refractivity (Wildman–Crippen MR) is 99.3 cm³/mol. The Kier molecular flexibility index (Phi) is 5.85. The van der Waals surface area contributed by atoms with Crippen molar-refractivity contribution in [1.82, 2.24) is 25.5 Å². The van der Waals surface area contributed by atoms with E-state index in [1.54, 1.807) is 11.8 Å². The van der Waals surface area contributed by atoms with Crippen molar-refractivity contribution in [3.63, 3.8) is 0 Å². The maximum absolute atomic E-state index is 12.4. The van der Waals surface area contributed by atoms with E-state index < -0.39 is 0 Å². The summed E-state index contributed by atoms with van der Waals surface area (Å²) in [5, 5.41) is 14.9. The van der Waals surface area contributed by atoms with Crippen LogP contribution in [0.15, 0.2) is 59.8 Å². The zero-order valence-electron chi connectivity index (χ0n) is 14.5. The first kappa shape index (κ1) is 17.9. The Morgan fingerprint density at radius 3 is 2.62 bits per heavy atom. The largest absolute Gasteiger partial charge is 0.497 e. The average molecular weight is 369 g/mol. The molecule has 1 atom stereocenters. The molecule has 0 bridgehead atoms. The highest BCUT2D eigenvalue weighted by Crippen LogP contribution is 2.23. The molecule has 0 aliphatic rings. The Morgan fingerprint density at radius 1 is 1.19 bits per heavy atom. The molecule has 1 heterocycles. The van der Waals surface area contributed by atoms with E-state index >= 15 is 0 Å². The van der Waals surface area contributed by atoms with Crippen molar-refractivity contribution < 1.29 is 9.53 Å². The van der Waals surface area contributed by atoms with Crippen LogP contribution >= 0.6 is 11.8 Å². The van der Waals surface area contributed by atoms with E-state index in [1.807, 2.05) is 61.5 Å². The number of amides is 1. The normalized spacial score (nSPS) is 11.8. The van der Waals surface area contributed by atoms with Crippen molar-refractivity contribution >= 4 is 17.7 Å². The molecule has 0 saturated heterocycles. The second-order valence-electron chi connectivity index (χ2n) is 5.53. The van der Waals surface area contributed by atoms with Gasteiger partial charge in [0.15, 0.2) is 0 Å². The van der Waals surface area contributed by atoms with Gasteiger partial charge < -0.3 is 10.1 Å². The van der Waals surface area contributed by atoms with Gasteiger partial charge in [-0.15, -0.1) is 5.10 Å². The lowest BCUT2D eigenvalue weighted by molar-refractivity contribution is -0.120. The summed E-state index contributed by atoms with van der Waals surface area (Å²) in [5.74, 6) is 0.713. The maximum Gasteiger partial charge on any atom is 0.233 e. The molecule has 0 saturated carbocycles. The minimum Gasteiger partial charge on any atom is -0.497 e. The lowest BCUT2D eigenvalue weighted by Gasteiger charge is -2.12. The van der Waals surface area contributed by atoms with E-state index in [1.165, 1.54) is 11.8 Å². The second-order valence-corrected chi connectivity index (χ2v) is 6.84. The highest BCUT2D eigenvalue weighted by molar-refractivity contribution is 8.00. The summed E-state index contributed by atoms with van der Waals surface area (Å²) >= 11 is 1.32. The van der Waals surface area contributed by atoms with Crippen LogP contribution in [0.2, 0.25) is 0 Å². The van der Waals surface area contributed by atoms with E-state index in [0.29, 0.717) is 11.7 Å². The number of methoxy groups -OCH3 is 1. The number of hydrogen-bond donors (Lipinski definition) is 1. The minimum atomic E-state index is -0.332. The molecule has 7 nitrogen and oxygen atoms in total. The Hall–Kier alpha value is -2.87. The van der Waals surface area contributed by atoms with Crippen LogP contribution in [-0.2, 0) is 11.3 Å². The topological polar surface area (TPSA) is 81.9 Å². The molecule has 0 aliphatic heterocycles. The van der Waals surface area contributed by atoms with Gasteiger partial charge in [0.1, 0.15) is 5.75 Å². The van der Waals surface area contributed by atoms with Gasteiger partial charge in [0.2, 0.25) is 11.1 Å². The fraction of sp³-hybridized carbons (Fsp3) is 0.222. The van der Waals surface area contributed by atoms with E-state index in [-0.39, 0.29) is 11.2 Å². The van der Waals surface area contributed by atoms with Gasteiger partial charge in [-0.05, 0) is 47.2 Å². The Labute approximate surface area is 155 Å². The first-order chi connectivity index (χ1) is 12.7. The number of thioether (sulfide) groups is 1. The molecule has 1 aromatic heterocycles. The van der Waals surface area contributed by atoms with Crippen molar-refractivity contribution in [3.05, 3.63) is 60.2 Å². The monoisotopic (exact) mass is 369 g/mol. The summed E-state index contributed by atoms with van der Waals surface area (Å²) in [6.45, 7) is 2.29. The Balaban J connectivity index is 1.59. The van der Waals surface area contributed by atoms with Gasteiger partial charge in [0, 0.05) is 6.54 Å². The summed E-state index contributed by atoms with van der Waals surface area (Å²) in [6, 6.07) is 17.2. The van der Waals surface area contributed by atoms with Crippen molar-refractivity contribution in [3.8, 4) is 11.4 Å². The van der Waals surface area contributed by atoms with Crippen LogP contribution in [0.4, 0.5) is 0 Å². The quantitative estimate of drug-likeness (QED) is 0.644. The lowest BCUT2D eigenvalue weighted by atomic mass is 10.2. The van der Waals surface area contributed by atoms with E-state index in [2.05, 4.69) is 20.8 Å². The molecule has 0 aliphatic carbocycles. The van der Waals surface area contributed by atoms with Gasteiger partial charge in [0.25, 0.3) is 0 Å². The summed E-state index contributed by atoms with van der Waals surface area (Å²) in [4.78, 5) is 12.4. The molecule has 0 spiro atoms. The van der Waals surface area contributed by atoms with E-state index in [4.69, 9.17) is 4.74 Å².